The number of hydrogen-bond donors (Lipinski definition) is 2. The minimum absolute atomic E-state index is 0.0640. The van der Waals surface area contributed by atoms with Crippen LogP contribution in [0.15, 0.2) is 0 Å². The monoisotopic (exact) mass is 285 g/mol. The summed E-state index contributed by atoms with van der Waals surface area (Å²) in [7, 11) is 0. The molecule has 0 spiro atoms. The summed E-state index contributed by atoms with van der Waals surface area (Å²) in [5.74, 6) is -0.192. The van der Waals surface area contributed by atoms with Crippen LogP contribution in [-0.4, -0.2) is 54.6 Å². The van der Waals surface area contributed by atoms with E-state index in [-0.39, 0.29) is 18.4 Å². The molecule has 0 aromatic heterocycles. The maximum absolute atomic E-state index is 11.8. The van der Waals surface area contributed by atoms with E-state index in [4.69, 9.17) is 4.74 Å². The summed E-state index contributed by atoms with van der Waals surface area (Å²) in [5.41, 5.74) is -0.527. The first kappa shape index (κ1) is 16.3. The number of amides is 3. The normalized spacial score (nSPS) is 15.6. The van der Waals surface area contributed by atoms with E-state index in [9.17, 15) is 14.4 Å². The summed E-state index contributed by atoms with van der Waals surface area (Å²) in [5, 5.41) is 5.26. The van der Waals surface area contributed by atoms with E-state index in [2.05, 4.69) is 10.6 Å². The molecule has 2 N–H and O–H groups in total. The van der Waals surface area contributed by atoms with E-state index in [0.717, 1.165) is 0 Å². The van der Waals surface area contributed by atoms with Gasteiger partial charge >= 0.3 is 6.09 Å². The van der Waals surface area contributed by atoms with Crippen LogP contribution in [0.4, 0.5) is 4.79 Å². The van der Waals surface area contributed by atoms with Crippen LogP contribution in [0, 0.1) is 0 Å². The number of piperazine rings is 1. The summed E-state index contributed by atoms with van der Waals surface area (Å²) < 4.78 is 5.08. The lowest BCUT2D eigenvalue weighted by Crippen LogP contribution is -2.50. The third-order valence-electron chi connectivity index (χ3n) is 2.63. The van der Waals surface area contributed by atoms with E-state index in [1.54, 1.807) is 20.8 Å². The summed E-state index contributed by atoms with van der Waals surface area (Å²) in [6.07, 6.45) is 0.349. The molecule has 3 amide bonds. The van der Waals surface area contributed by atoms with Crippen molar-refractivity contribution in [2.75, 3.05) is 26.2 Å². The molecule has 1 heterocycles. The van der Waals surface area contributed by atoms with Gasteiger partial charge in [0.1, 0.15) is 5.60 Å². The van der Waals surface area contributed by atoms with Crippen molar-refractivity contribution in [3.63, 3.8) is 0 Å². The van der Waals surface area contributed by atoms with Gasteiger partial charge in [0.2, 0.25) is 11.8 Å². The molecule has 1 rings (SSSR count). The lowest BCUT2D eigenvalue weighted by atomic mass is 10.2. The molecule has 114 valence electrons. The highest BCUT2D eigenvalue weighted by Gasteiger charge is 2.20. The van der Waals surface area contributed by atoms with Gasteiger partial charge in [-0.05, 0) is 27.2 Å². The molecule has 20 heavy (non-hydrogen) atoms. The van der Waals surface area contributed by atoms with E-state index in [1.807, 2.05) is 0 Å². The molecule has 0 aromatic rings. The van der Waals surface area contributed by atoms with Crippen molar-refractivity contribution in [3.05, 3.63) is 0 Å². The van der Waals surface area contributed by atoms with Gasteiger partial charge in [0.25, 0.3) is 0 Å². The topological polar surface area (TPSA) is 87.7 Å². The average molecular weight is 285 g/mol. The van der Waals surface area contributed by atoms with Gasteiger partial charge in [-0.2, -0.15) is 0 Å². The van der Waals surface area contributed by atoms with E-state index in [1.165, 1.54) is 4.90 Å². The molecule has 0 aromatic carbocycles. The van der Waals surface area contributed by atoms with Crippen LogP contribution in [0.25, 0.3) is 0 Å². The molecule has 7 nitrogen and oxygen atoms in total. The Bertz CT molecular complexity index is 376. The van der Waals surface area contributed by atoms with Crippen molar-refractivity contribution in [3.8, 4) is 0 Å². The SMILES string of the molecule is CC(C)(C)OC(=O)NCCCC(=O)N1CCNC(=O)C1. The van der Waals surface area contributed by atoms with Gasteiger partial charge in [-0.1, -0.05) is 0 Å². The molecular formula is C13H23N3O4. The van der Waals surface area contributed by atoms with Gasteiger partial charge in [0.15, 0.2) is 0 Å². The average Bonchev–Trinajstić information content (AvgIpc) is 2.32. The molecule has 7 heteroatoms. The first-order chi connectivity index (χ1) is 9.28. The van der Waals surface area contributed by atoms with Crippen molar-refractivity contribution >= 4 is 17.9 Å². The molecular weight excluding hydrogens is 262 g/mol. The Kier molecular flexibility index (Phi) is 5.79. The predicted molar refractivity (Wildman–Crippen MR) is 73.1 cm³/mol. The lowest BCUT2D eigenvalue weighted by molar-refractivity contribution is -0.138. The molecule has 0 unspecified atom stereocenters. The van der Waals surface area contributed by atoms with Crippen LogP contribution in [0.5, 0.6) is 0 Å². The third kappa shape index (κ3) is 6.40. The Morgan fingerprint density at radius 2 is 2.10 bits per heavy atom. The fraction of sp³-hybridized carbons (Fsp3) is 0.769. The Hall–Kier alpha value is -1.79. The Morgan fingerprint density at radius 1 is 1.40 bits per heavy atom. The zero-order valence-corrected chi connectivity index (χ0v) is 12.3. The highest BCUT2D eigenvalue weighted by molar-refractivity contribution is 5.85. The van der Waals surface area contributed by atoms with Crippen LogP contribution >= 0.6 is 0 Å². The fourth-order valence-corrected chi connectivity index (χ4v) is 1.75. The van der Waals surface area contributed by atoms with Crippen molar-refractivity contribution < 1.29 is 19.1 Å². The number of nitrogens with one attached hydrogen (secondary N) is 2. The zero-order valence-electron chi connectivity index (χ0n) is 12.3. The quantitative estimate of drug-likeness (QED) is 0.725. The second-order valence-electron chi connectivity index (χ2n) is 5.70. The Labute approximate surface area is 119 Å². The number of ether oxygens (including phenoxy) is 1. The molecule has 0 bridgehead atoms. The maximum Gasteiger partial charge on any atom is 0.407 e. The van der Waals surface area contributed by atoms with Crippen molar-refractivity contribution in [1.29, 1.82) is 0 Å². The lowest BCUT2D eigenvalue weighted by Gasteiger charge is -2.26. The molecule has 0 saturated carbocycles. The number of carbonyl (C=O) groups is 3. The van der Waals surface area contributed by atoms with Gasteiger partial charge in [-0.3, -0.25) is 9.59 Å². The highest BCUT2D eigenvalue weighted by Crippen LogP contribution is 2.06. The van der Waals surface area contributed by atoms with Gasteiger partial charge in [-0.25, -0.2) is 4.79 Å². The second-order valence-corrected chi connectivity index (χ2v) is 5.70. The maximum atomic E-state index is 11.8. The van der Waals surface area contributed by atoms with Crippen molar-refractivity contribution in [1.82, 2.24) is 15.5 Å². The number of carbonyl (C=O) groups excluding carboxylic acids is 3. The molecule has 1 fully saturated rings. The van der Waals surface area contributed by atoms with E-state index in [0.29, 0.717) is 32.5 Å². The standard InChI is InChI=1S/C13H23N3O4/c1-13(2,3)20-12(19)15-6-4-5-11(18)16-8-7-14-10(17)9-16/h4-9H2,1-3H3,(H,14,17)(H,15,19). The summed E-state index contributed by atoms with van der Waals surface area (Å²) in [6.45, 7) is 6.91. The van der Waals surface area contributed by atoms with Crippen LogP contribution in [-0.2, 0) is 14.3 Å². The highest BCUT2D eigenvalue weighted by atomic mass is 16.6. The van der Waals surface area contributed by atoms with E-state index >= 15 is 0 Å². The summed E-state index contributed by atoms with van der Waals surface area (Å²) >= 11 is 0. The molecule has 1 aliphatic rings. The first-order valence-electron chi connectivity index (χ1n) is 6.79. The minimum Gasteiger partial charge on any atom is -0.444 e. The van der Waals surface area contributed by atoms with Crippen molar-refractivity contribution in [2.24, 2.45) is 0 Å². The third-order valence-corrected chi connectivity index (χ3v) is 2.63. The largest absolute Gasteiger partial charge is 0.444 e. The van der Waals surface area contributed by atoms with Crippen LogP contribution in [0.1, 0.15) is 33.6 Å². The number of hydrogen-bond acceptors (Lipinski definition) is 4. The van der Waals surface area contributed by atoms with E-state index < -0.39 is 11.7 Å². The Balaban J connectivity index is 2.16. The summed E-state index contributed by atoms with van der Waals surface area (Å²) in [6, 6.07) is 0. The zero-order chi connectivity index (χ0) is 15.2. The molecule has 1 aliphatic heterocycles. The summed E-state index contributed by atoms with van der Waals surface area (Å²) in [4.78, 5) is 35.9. The fourth-order valence-electron chi connectivity index (χ4n) is 1.75. The smallest absolute Gasteiger partial charge is 0.407 e. The van der Waals surface area contributed by atoms with Gasteiger partial charge in [0.05, 0.1) is 6.54 Å². The van der Waals surface area contributed by atoms with Gasteiger partial charge < -0.3 is 20.3 Å². The molecule has 0 radical (unpaired) electrons. The number of nitrogens with zero attached hydrogens (tertiary/aromatic N) is 1. The van der Waals surface area contributed by atoms with Gasteiger partial charge in [-0.15, -0.1) is 0 Å². The van der Waals surface area contributed by atoms with Crippen LogP contribution < -0.4 is 10.6 Å². The molecule has 1 saturated heterocycles. The second kappa shape index (κ2) is 7.12. The molecule has 0 aliphatic carbocycles. The number of rotatable bonds is 4. The van der Waals surface area contributed by atoms with Crippen LogP contribution in [0.2, 0.25) is 0 Å². The Morgan fingerprint density at radius 3 is 2.70 bits per heavy atom. The predicted octanol–water partition coefficient (Wildman–Crippen LogP) is 0.250. The van der Waals surface area contributed by atoms with Gasteiger partial charge in [0, 0.05) is 26.1 Å². The first-order valence-corrected chi connectivity index (χ1v) is 6.79. The minimum atomic E-state index is -0.527. The van der Waals surface area contributed by atoms with Crippen molar-refractivity contribution in [2.45, 2.75) is 39.2 Å². The number of alkyl carbamates (subject to hydrolysis) is 1. The molecule has 0 atom stereocenters. The van der Waals surface area contributed by atoms with Crippen LogP contribution in [0.3, 0.4) is 0 Å².